The summed E-state index contributed by atoms with van der Waals surface area (Å²) in [4.78, 5) is 0. The van der Waals surface area contributed by atoms with E-state index >= 15 is 0 Å². The second kappa shape index (κ2) is 4.40. The van der Waals surface area contributed by atoms with Crippen LogP contribution in [0.5, 0.6) is 0 Å². The number of rotatable bonds is 4. The molecule has 1 heterocycles. The van der Waals surface area contributed by atoms with Crippen LogP contribution in [-0.2, 0) is 11.3 Å². The van der Waals surface area contributed by atoms with E-state index in [1.807, 2.05) is 6.07 Å². The summed E-state index contributed by atoms with van der Waals surface area (Å²) in [7, 11) is 0. The van der Waals surface area contributed by atoms with Crippen LogP contribution in [0.1, 0.15) is 12.0 Å². The van der Waals surface area contributed by atoms with Crippen molar-refractivity contribution in [3.8, 4) is 0 Å². The van der Waals surface area contributed by atoms with Gasteiger partial charge < -0.3 is 10.1 Å². The van der Waals surface area contributed by atoms with Crippen molar-refractivity contribution in [3.63, 3.8) is 0 Å². The van der Waals surface area contributed by atoms with Crippen LogP contribution in [0.4, 0.5) is 0 Å². The van der Waals surface area contributed by atoms with Gasteiger partial charge in [-0.05, 0) is 12.0 Å². The Hall–Kier alpha value is -0.860. The highest BCUT2D eigenvalue weighted by molar-refractivity contribution is 5.14. The third-order valence-corrected chi connectivity index (χ3v) is 2.34. The molecule has 13 heavy (non-hydrogen) atoms. The van der Waals surface area contributed by atoms with Crippen LogP contribution in [0, 0.1) is 0 Å². The Labute approximate surface area is 78.9 Å². The van der Waals surface area contributed by atoms with Gasteiger partial charge in [0.1, 0.15) is 0 Å². The van der Waals surface area contributed by atoms with Crippen molar-refractivity contribution in [1.29, 1.82) is 0 Å². The smallest absolute Gasteiger partial charge is 0.0721 e. The van der Waals surface area contributed by atoms with Crippen molar-refractivity contribution >= 4 is 0 Å². The maximum atomic E-state index is 5.31. The summed E-state index contributed by atoms with van der Waals surface area (Å²) in [6, 6.07) is 10.4. The first-order valence-corrected chi connectivity index (χ1v) is 4.81. The van der Waals surface area contributed by atoms with Crippen molar-refractivity contribution < 1.29 is 4.74 Å². The minimum atomic E-state index is 0.462. The van der Waals surface area contributed by atoms with Gasteiger partial charge >= 0.3 is 0 Å². The van der Waals surface area contributed by atoms with Gasteiger partial charge in [0.15, 0.2) is 0 Å². The Morgan fingerprint density at radius 2 is 2.08 bits per heavy atom. The maximum Gasteiger partial charge on any atom is 0.0721 e. The van der Waals surface area contributed by atoms with Crippen molar-refractivity contribution in [2.24, 2.45) is 0 Å². The largest absolute Gasteiger partial charge is 0.377 e. The molecule has 0 aliphatic carbocycles. The number of hydrogen-bond donors (Lipinski definition) is 1. The summed E-state index contributed by atoms with van der Waals surface area (Å²) in [5.41, 5.74) is 1.34. The van der Waals surface area contributed by atoms with Crippen molar-refractivity contribution in [3.05, 3.63) is 35.9 Å². The van der Waals surface area contributed by atoms with Crippen molar-refractivity contribution in [2.75, 3.05) is 13.2 Å². The van der Waals surface area contributed by atoms with Gasteiger partial charge in [-0.2, -0.15) is 0 Å². The number of nitrogens with one attached hydrogen (secondary N) is 1. The van der Waals surface area contributed by atoms with Gasteiger partial charge in [0, 0.05) is 19.7 Å². The van der Waals surface area contributed by atoms with E-state index in [4.69, 9.17) is 4.74 Å². The Morgan fingerprint density at radius 1 is 1.31 bits per heavy atom. The third kappa shape index (κ3) is 2.54. The van der Waals surface area contributed by atoms with Crippen molar-refractivity contribution in [1.82, 2.24) is 5.32 Å². The molecule has 1 aliphatic rings. The van der Waals surface area contributed by atoms with Crippen LogP contribution in [0.3, 0.4) is 0 Å². The zero-order valence-electron chi connectivity index (χ0n) is 7.70. The molecule has 0 unspecified atom stereocenters. The highest BCUT2D eigenvalue weighted by Crippen LogP contribution is 2.09. The molecule has 2 heteroatoms. The first-order chi connectivity index (χ1) is 6.45. The molecule has 0 spiro atoms. The molecular weight excluding hydrogens is 162 g/mol. The highest BCUT2D eigenvalue weighted by atomic mass is 16.5. The molecule has 1 atom stereocenters. The molecule has 1 aromatic carbocycles. The maximum absolute atomic E-state index is 5.31. The molecule has 1 saturated heterocycles. The summed E-state index contributed by atoms with van der Waals surface area (Å²) >= 11 is 0. The minimum absolute atomic E-state index is 0.462. The van der Waals surface area contributed by atoms with Gasteiger partial charge in [-0.25, -0.2) is 0 Å². The van der Waals surface area contributed by atoms with Crippen LogP contribution >= 0.6 is 0 Å². The van der Waals surface area contributed by atoms with E-state index in [1.165, 1.54) is 12.0 Å². The van der Waals surface area contributed by atoms with Gasteiger partial charge in [0.25, 0.3) is 0 Å². The molecule has 1 N–H and O–H groups in total. The van der Waals surface area contributed by atoms with E-state index in [1.54, 1.807) is 0 Å². The van der Waals surface area contributed by atoms with E-state index in [9.17, 15) is 0 Å². The van der Waals surface area contributed by atoms with Crippen LogP contribution in [-0.4, -0.2) is 19.3 Å². The number of benzene rings is 1. The van der Waals surface area contributed by atoms with E-state index in [0.717, 1.165) is 19.7 Å². The fourth-order valence-corrected chi connectivity index (χ4v) is 1.42. The Balaban J connectivity index is 1.67. The van der Waals surface area contributed by atoms with Crippen LogP contribution in [0.2, 0.25) is 0 Å². The molecule has 0 saturated carbocycles. The summed E-state index contributed by atoms with van der Waals surface area (Å²) in [5, 5.41) is 3.38. The van der Waals surface area contributed by atoms with Gasteiger partial charge in [-0.1, -0.05) is 30.3 Å². The number of ether oxygens (including phenoxy) is 1. The van der Waals surface area contributed by atoms with E-state index < -0.39 is 0 Å². The Kier molecular flexibility index (Phi) is 2.95. The first-order valence-electron chi connectivity index (χ1n) is 4.81. The lowest BCUT2D eigenvalue weighted by Crippen LogP contribution is -2.36. The molecule has 2 nitrogen and oxygen atoms in total. The third-order valence-electron chi connectivity index (χ3n) is 2.34. The molecular formula is C11H15NO. The number of hydrogen-bond acceptors (Lipinski definition) is 2. The molecule has 0 aromatic heterocycles. The van der Waals surface area contributed by atoms with Crippen LogP contribution in [0.25, 0.3) is 0 Å². The predicted molar refractivity (Wildman–Crippen MR) is 52.5 cm³/mol. The van der Waals surface area contributed by atoms with Crippen LogP contribution in [0.15, 0.2) is 30.3 Å². The topological polar surface area (TPSA) is 21.3 Å². The second-order valence-electron chi connectivity index (χ2n) is 3.40. The minimum Gasteiger partial charge on any atom is -0.377 e. The standard InChI is InChI=1S/C11H15NO/c1-2-4-10(5-3-1)8-12-9-11-6-7-13-11/h1-5,11-12H,6-9H2/t11-/m0/s1. The molecule has 2 rings (SSSR count). The Bertz CT molecular complexity index is 244. The zero-order chi connectivity index (χ0) is 8.93. The molecule has 0 amide bonds. The average molecular weight is 177 g/mol. The SMILES string of the molecule is c1ccc(CNC[C@@H]2CCO2)cc1. The van der Waals surface area contributed by atoms with E-state index in [0.29, 0.717) is 6.10 Å². The van der Waals surface area contributed by atoms with Crippen molar-refractivity contribution in [2.45, 2.75) is 19.1 Å². The normalized spacial score (nSPS) is 21.1. The van der Waals surface area contributed by atoms with E-state index in [2.05, 4.69) is 29.6 Å². The molecule has 1 fully saturated rings. The molecule has 70 valence electrons. The lowest BCUT2D eigenvalue weighted by atomic mass is 10.2. The lowest BCUT2D eigenvalue weighted by Gasteiger charge is -2.26. The summed E-state index contributed by atoms with van der Waals surface area (Å²) in [6.45, 7) is 2.87. The van der Waals surface area contributed by atoms with Gasteiger partial charge in [0.2, 0.25) is 0 Å². The zero-order valence-corrected chi connectivity index (χ0v) is 7.70. The van der Waals surface area contributed by atoms with Crippen LogP contribution < -0.4 is 5.32 Å². The second-order valence-corrected chi connectivity index (χ2v) is 3.40. The summed E-state index contributed by atoms with van der Waals surface area (Å²) in [6.07, 6.45) is 1.67. The van der Waals surface area contributed by atoms with Gasteiger partial charge in [0.05, 0.1) is 6.10 Å². The van der Waals surface area contributed by atoms with E-state index in [-0.39, 0.29) is 0 Å². The summed E-state index contributed by atoms with van der Waals surface area (Å²) in [5.74, 6) is 0. The van der Waals surface area contributed by atoms with Gasteiger partial charge in [-0.3, -0.25) is 0 Å². The van der Waals surface area contributed by atoms with Gasteiger partial charge in [-0.15, -0.1) is 0 Å². The molecule has 1 aliphatic heterocycles. The molecule has 0 radical (unpaired) electrons. The predicted octanol–water partition coefficient (Wildman–Crippen LogP) is 1.57. The monoisotopic (exact) mass is 177 g/mol. The highest BCUT2D eigenvalue weighted by Gasteiger charge is 2.16. The Morgan fingerprint density at radius 3 is 2.69 bits per heavy atom. The lowest BCUT2D eigenvalue weighted by molar-refractivity contribution is -0.0484. The molecule has 1 aromatic rings. The quantitative estimate of drug-likeness (QED) is 0.753. The average Bonchev–Trinajstić information content (AvgIpc) is 2.11. The molecule has 0 bridgehead atoms. The summed E-state index contributed by atoms with van der Waals surface area (Å²) < 4.78 is 5.31. The fourth-order valence-electron chi connectivity index (χ4n) is 1.42. The first kappa shape index (κ1) is 8.73. The fraction of sp³-hybridized carbons (Fsp3) is 0.455.